The quantitative estimate of drug-likeness (QED) is 0.760. The number of methoxy groups -OCH3 is 1. The molecule has 0 aromatic carbocycles. The van der Waals surface area contributed by atoms with Crippen LogP contribution in [0, 0.1) is 0 Å². The summed E-state index contributed by atoms with van der Waals surface area (Å²) in [5.74, 6) is -0.536. The van der Waals surface area contributed by atoms with Crippen molar-refractivity contribution in [3.8, 4) is 0 Å². The molecule has 8 nitrogen and oxygen atoms in total. The van der Waals surface area contributed by atoms with E-state index >= 15 is 0 Å². The molecule has 0 saturated carbocycles. The summed E-state index contributed by atoms with van der Waals surface area (Å²) in [4.78, 5) is 35.4. The lowest BCUT2D eigenvalue weighted by Crippen LogP contribution is -2.55. The number of ether oxygens (including phenoxy) is 2. The number of esters is 1. The normalized spacial score (nSPS) is 18.3. The number of anilines is 1. The highest BCUT2D eigenvalue weighted by molar-refractivity contribution is 5.85. The van der Waals surface area contributed by atoms with Gasteiger partial charge in [0.2, 0.25) is 5.82 Å². The fourth-order valence-electron chi connectivity index (χ4n) is 2.47. The molecule has 1 atom stereocenters. The van der Waals surface area contributed by atoms with Crippen LogP contribution >= 0.6 is 0 Å². The fourth-order valence-corrected chi connectivity index (χ4v) is 2.47. The largest absolute Gasteiger partial charge is 0.463 e. The van der Waals surface area contributed by atoms with Crippen LogP contribution in [0.2, 0.25) is 0 Å². The molecule has 0 spiro atoms. The number of hydrogen-bond donors (Lipinski definition) is 0. The van der Waals surface area contributed by atoms with Gasteiger partial charge in [-0.3, -0.25) is 0 Å². The average molecular weight is 336 g/mol. The first kappa shape index (κ1) is 18.0. The summed E-state index contributed by atoms with van der Waals surface area (Å²) in [7, 11) is 1.29. The Labute approximate surface area is 141 Å². The van der Waals surface area contributed by atoms with Gasteiger partial charge in [-0.25, -0.2) is 19.6 Å². The van der Waals surface area contributed by atoms with Gasteiger partial charge >= 0.3 is 12.1 Å². The molecular weight excluding hydrogens is 312 g/mol. The monoisotopic (exact) mass is 336 g/mol. The lowest BCUT2D eigenvalue weighted by Gasteiger charge is -2.40. The van der Waals surface area contributed by atoms with Crippen LogP contribution in [0.4, 0.5) is 10.5 Å². The number of carbonyl (C=O) groups is 2. The predicted octanol–water partition coefficient (Wildman–Crippen LogP) is 1.71. The van der Waals surface area contributed by atoms with Gasteiger partial charge in [0.1, 0.15) is 5.60 Å². The highest BCUT2D eigenvalue weighted by Crippen LogP contribution is 2.20. The van der Waals surface area contributed by atoms with E-state index in [2.05, 4.69) is 19.6 Å². The van der Waals surface area contributed by atoms with Gasteiger partial charge in [0.05, 0.1) is 25.2 Å². The maximum atomic E-state index is 12.2. The molecule has 0 aliphatic carbocycles. The van der Waals surface area contributed by atoms with Crippen LogP contribution < -0.4 is 4.90 Å². The molecule has 1 aliphatic rings. The van der Waals surface area contributed by atoms with E-state index in [1.807, 2.05) is 27.7 Å². The van der Waals surface area contributed by atoms with Gasteiger partial charge < -0.3 is 19.3 Å². The van der Waals surface area contributed by atoms with E-state index in [9.17, 15) is 9.59 Å². The summed E-state index contributed by atoms with van der Waals surface area (Å²) in [6.45, 7) is 9.36. The minimum absolute atomic E-state index is 0.00566. The van der Waals surface area contributed by atoms with Gasteiger partial charge in [-0.05, 0) is 27.7 Å². The maximum absolute atomic E-state index is 12.2. The molecule has 1 saturated heterocycles. The molecule has 1 unspecified atom stereocenters. The van der Waals surface area contributed by atoms with E-state index in [0.29, 0.717) is 19.6 Å². The average Bonchev–Trinajstić information content (AvgIpc) is 2.52. The summed E-state index contributed by atoms with van der Waals surface area (Å²) in [6.07, 6.45) is 2.89. The van der Waals surface area contributed by atoms with E-state index < -0.39 is 11.6 Å². The maximum Gasteiger partial charge on any atom is 0.410 e. The van der Waals surface area contributed by atoms with Crippen molar-refractivity contribution in [2.24, 2.45) is 0 Å². The van der Waals surface area contributed by atoms with Crippen LogP contribution in [0.5, 0.6) is 0 Å². The van der Waals surface area contributed by atoms with Crippen molar-refractivity contribution in [3.63, 3.8) is 0 Å². The van der Waals surface area contributed by atoms with Gasteiger partial charge in [-0.1, -0.05) is 0 Å². The van der Waals surface area contributed by atoms with Gasteiger partial charge in [0.15, 0.2) is 0 Å². The standard InChI is InChI=1S/C16H24N4O4/c1-11-10-19(6-7-20(11)15(22)24-16(2,3)4)12-8-17-13(18-9-12)14(21)23-5/h8-9,11H,6-7,10H2,1-5H3. The minimum atomic E-state index is -0.565. The van der Waals surface area contributed by atoms with Crippen molar-refractivity contribution in [1.82, 2.24) is 14.9 Å². The molecule has 2 rings (SSSR count). The highest BCUT2D eigenvalue weighted by atomic mass is 16.6. The summed E-state index contributed by atoms with van der Waals surface area (Å²) < 4.78 is 10.0. The Balaban J connectivity index is 2.00. The van der Waals surface area contributed by atoms with Crippen LogP contribution in [0.25, 0.3) is 0 Å². The molecular formula is C16H24N4O4. The Kier molecular flexibility index (Phi) is 5.26. The van der Waals surface area contributed by atoms with Crippen LogP contribution in [0.3, 0.4) is 0 Å². The molecule has 2 heterocycles. The predicted molar refractivity (Wildman–Crippen MR) is 88.0 cm³/mol. The first-order valence-electron chi connectivity index (χ1n) is 7.86. The zero-order valence-corrected chi connectivity index (χ0v) is 14.8. The van der Waals surface area contributed by atoms with Gasteiger partial charge in [0, 0.05) is 25.7 Å². The van der Waals surface area contributed by atoms with Crippen molar-refractivity contribution in [3.05, 3.63) is 18.2 Å². The number of nitrogens with zero attached hydrogens (tertiary/aromatic N) is 4. The summed E-state index contributed by atoms with van der Waals surface area (Å²) in [5.41, 5.74) is 0.296. The van der Waals surface area contributed by atoms with E-state index in [-0.39, 0.29) is 18.0 Å². The van der Waals surface area contributed by atoms with Crippen LogP contribution in [-0.2, 0) is 9.47 Å². The minimum Gasteiger partial charge on any atom is -0.463 e. The van der Waals surface area contributed by atoms with Gasteiger partial charge in [-0.15, -0.1) is 0 Å². The Bertz CT molecular complexity index is 597. The Morgan fingerprint density at radius 2 is 1.83 bits per heavy atom. The Hall–Kier alpha value is -2.38. The second-order valence-corrected chi connectivity index (χ2v) is 6.73. The number of aromatic nitrogens is 2. The molecule has 8 heteroatoms. The van der Waals surface area contributed by atoms with Crippen molar-refractivity contribution in [2.75, 3.05) is 31.6 Å². The van der Waals surface area contributed by atoms with Crippen molar-refractivity contribution < 1.29 is 19.1 Å². The summed E-state index contributed by atoms with van der Waals surface area (Å²) in [5, 5.41) is 0. The van der Waals surface area contributed by atoms with E-state index in [4.69, 9.17) is 4.74 Å². The molecule has 0 radical (unpaired) electrons. The zero-order valence-electron chi connectivity index (χ0n) is 14.8. The summed E-state index contributed by atoms with van der Waals surface area (Å²) >= 11 is 0. The number of hydrogen-bond acceptors (Lipinski definition) is 7. The van der Waals surface area contributed by atoms with Crippen LogP contribution in [0.15, 0.2) is 12.4 Å². The molecule has 1 fully saturated rings. The van der Waals surface area contributed by atoms with E-state index in [1.165, 1.54) is 7.11 Å². The molecule has 1 aliphatic heterocycles. The Morgan fingerprint density at radius 3 is 2.33 bits per heavy atom. The lowest BCUT2D eigenvalue weighted by atomic mass is 10.2. The first-order valence-corrected chi connectivity index (χ1v) is 7.86. The molecule has 1 amide bonds. The number of carbonyl (C=O) groups excluding carboxylic acids is 2. The molecule has 0 bridgehead atoms. The highest BCUT2D eigenvalue weighted by Gasteiger charge is 2.31. The third kappa shape index (κ3) is 4.33. The molecule has 24 heavy (non-hydrogen) atoms. The zero-order chi connectivity index (χ0) is 17.9. The second-order valence-electron chi connectivity index (χ2n) is 6.73. The molecule has 1 aromatic heterocycles. The molecule has 1 aromatic rings. The van der Waals surface area contributed by atoms with Gasteiger partial charge in [-0.2, -0.15) is 0 Å². The van der Waals surface area contributed by atoms with E-state index in [1.54, 1.807) is 17.3 Å². The van der Waals surface area contributed by atoms with Gasteiger partial charge in [0.25, 0.3) is 0 Å². The molecule has 132 valence electrons. The first-order chi connectivity index (χ1) is 11.2. The third-order valence-corrected chi connectivity index (χ3v) is 3.63. The third-order valence-electron chi connectivity index (χ3n) is 3.63. The van der Waals surface area contributed by atoms with Crippen molar-refractivity contribution in [2.45, 2.75) is 39.3 Å². The topological polar surface area (TPSA) is 84.9 Å². The lowest BCUT2D eigenvalue weighted by molar-refractivity contribution is 0.0158. The number of amides is 1. The number of piperazine rings is 1. The number of rotatable bonds is 2. The van der Waals surface area contributed by atoms with E-state index in [0.717, 1.165) is 5.69 Å². The smallest absolute Gasteiger partial charge is 0.410 e. The van der Waals surface area contributed by atoms with Crippen LogP contribution in [-0.4, -0.2) is 65.3 Å². The Morgan fingerprint density at radius 1 is 1.21 bits per heavy atom. The second kappa shape index (κ2) is 7.02. The van der Waals surface area contributed by atoms with Crippen molar-refractivity contribution >= 4 is 17.7 Å². The molecule has 0 N–H and O–H groups in total. The summed E-state index contributed by atoms with van der Waals surface area (Å²) in [6, 6.07) is -0.00566. The SMILES string of the molecule is COC(=O)c1ncc(N2CCN(C(=O)OC(C)(C)C)C(C)C2)cn1. The van der Waals surface area contributed by atoms with Crippen LogP contribution in [0.1, 0.15) is 38.3 Å². The fraction of sp³-hybridized carbons (Fsp3) is 0.625. The van der Waals surface area contributed by atoms with Crippen molar-refractivity contribution in [1.29, 1.82) is 0 Å².